The number of hydrogen-bond acceptors (Lipinski definition) is 3. The topological polar surface area (TPSA) is 68.0 Å². The van der Waals surface area contributed by atoms with Gasteiger partial charge in [0.15, 0.2) is 0 Å². The van der Waals surface area contributed by atoms with Crippen molar-refractivity contribution < 1.29 is 4.79 Å². The van der Waals surface area contributed by atoms with E-state index in [4.69, 9.17) is 5.73 Å². The zero-order chi connectivity index (χ0) is 14.8. The predicted molar refractivity (Wildman–Crippen MR) is 85.3 cm³/mol. The van der Waals surface area contributed by atoms with Crippen molar-refractivity contribution in [3.8, 4) is 0 Å². The van der Waals surface area contributed by atoms with Crippen molar-refractivity contribution in [2.24, 2.45) is 0 Å². The zero-order valence-corrected chi connectivity index (χ0v) is 11.6. The molecule has 0 saturated heterocycles. The highest BCUT2D eigenvalue weighted by molar-refractivity contribution is 6.13. The molecular formula is C17H15N3O. The normalized spacial score (nSPS) is 10.5. The van der Waals surface area contributed by atoms with Crippen molar-refractivity contribution in [1.82, 2.24) is 4.98 Å². The average Bonchev–Trinajstić information content (AvgIpc) is 2.51. The summed E-state index contributed by atoms with van der Waals surface area (Å²) in [5.41, 5.74) is 8.74. The van der Waals surface area contributed by atoms with E-state index in [0.29, 0.717) is 11.4 Å². The maximum atomic E-state index is 12.5. The van der Waals surface area contributed by atoms with Gasteiger partial charge in [0.05, 0.1) is 0 Å². The number of anilines is 2. The third-order valence-electron chi connectivity index (χ3n) is 3.42. The third kappa shape index (κ3) is 2.43. The average molecular weight is 277 g/mol. The Kier molecular flexibility index (Phi) is 3.28. The largest absolute Gasteiger partial charge is 0.398 e. The standard InChI is InChI=1S/C17H15N3O/c1-11-7-8-14(18)13-9-10-19-16(15(11)13)17(21)20-12-5-3-2-4-6-12/h2-10H,18H2,1H3,(H,20,21). The molecule has 0 aliphatic rings. The summed E-state index contributed by atoms with van der Waals surface area (Å²) in [6.45, 7) is 1.95. The highest BCUT2D eigenvalue weighted by atomic mass is 16.1. The summed E-state index contributed by atoms with van der Waals surface area (Å²) in [4.78, 5) is 16.7. The SMILES string of the molecule is Cc1ccc(N)c2ccnc(C(=O)Nc3ccccc3)c12. The molecule has 0 atom stereocenters. The second-order valence-electron chi connectivity index (χ2n) is 4.87. The van der Waals surface area contributed by atoms with Crippen LogP contribution < -0.4 is 11.1 Å². The highest BCUT2D eigenvalue weighted by Gasteiger charge is 2.14. The fourth-order valence-electron chi connectivity index (χ4n) is 2.37. The van der Waals surface area contributed by atoms with Gasteiger partial charge in [0.1, 0.15) is 5.69 Å². The number of fused-ring (bicyclic) bond motifs is 1. The van der Waals surface area contributed by atoms with Gasteiger partial charge in [-0.05, 0) is 36.8 Å². The number of carbonyl (C=O) groups excluding carboxylic acids is 1. The minimum Gasteiger partial charge on any atom is -0.398 e. The Morgan fingerprint density at radius 3 is 2.62 bits per heavy atom. The van der Waals surface area contributed by atoms with Gasteiger partial charge < -0.3 is 11.1 Å². The van der Waals surface area contributed by atoms with Gasteiger partial charge in [0.2, 0.25) is 0 Å². The number of nitrogen functional groups attached to an aromatic ring is 1. The molecule has 0 unspecified atom stereocenters. The van der Waals surface area contributed by atoms with Crippen LogP contribution in [0.1, 0.15) is 16.1 Å². The van der Waals surface area contributed by atoms with Crippen LogP contribution in [0.2, 0.25) is 0 Å². The first-order chi connectivity index (χ1) is 10.2. The first-order valence-electron chi connectivity index (χ1n) is 6.67. The van der Waals surface area contributed by atoms with E-state index in [1.54, 1.807) is 6.20 Å². The van der Waals surface area contributed by atoms with Gasteiger partial charge in [-0.25, -0.2) is 0 Å². The lowest BCUT2D eigenvalue weighted by Gasteiger charge is -2.10. The number of nitrogens with one attached hydrogen (secondary N) is 1. The molecule has 0 aliphatic heterocycles. The molecule has 4 nitrogen and oxygen atoms in total. The number of rotatable bonds is 2. The molecule has 3 N–H and O–H groups in total. The number of aromatic nitrogens is 1. The molecule has 0 saturated carbocycles. The number of nitrogens with two attached hydrogens (primary N) is 1. The van der Waals surface area contributed by atoms with E-state index < -0.39 is 0 Å². The molecule has 0 spiro atoms. The van der Waals surface area contributed by atoms with Crippen LogP contribution in [0.5, 0.6) is 0 Å². The van der Waals surface area contributed by atoms with E-state index >= 15 is 0 Å². The number of pyridine rings is 1. The monoisotopic (exact) mass is 277 g/mol. The van der Waals surface area contributed by atoms with Crippen molar-refractivity contribution in [2.45, 2.75) is 6.92 Å². The van der Waals surface area contributed by atoms with Gasteiger partial charge in [0.25, 0.3) is 5.91 Å². The van der Waals surface area contributed by atoms with Crippen molar-refractivity contribution >= 4 is 28.1 Å². The summed E-state index contributed by atoms with van der Waals surface area (Å²) >= 11 is 0. The van der Waals surface area contributed by atoms with Gasteiger partial charge in [0, 0.05) is 28.3 Å². The first-order valence-corrected chi connectivity index (χ1v) is 6.67. The molecule has 1 amide bonds. The van der Waals surface area contributed by atoms with Crippen LogP contribution in [0.4, 0.5) is 11.4 Å². The Bertz CT molecular complexity index is 813. The molecule has 0 fully saturated rings. The number of para-hydroxylation sites is 1. The fraction of sp³-hybridized carbons (Fsp3) is 0.0588. The van der Waals surface area contributed by atoms with Gasteiger partial charge in [-0.3, -0.25) is 9.78 Å². The smallest absolute Gasteiger partial charge is 0.274 e. The summed E-state index contributed by atoms with van der Waals surface area (Å²) < 4.78 is 0. The Hall–Kier alpha value is -2.88. The maximum Gasteiger partial charge on any atom is 0.274 e. The molecule has 1 aromatic heterocycles. The Balaban J connectivity index is 2.08. The minimum atomic E-state index is -0.236. The maximum absolute atomic E-state index is 12.5. The van der Waals surface area contributed by atoms with E-state index in [0.717, 1.165) is 22.0 Å². The van der Waals surface area contributed by atoms with Crippen LogP contribution in [0.15, 0.2) is 54.7 Å². The van der Waals surface area contributed by atoms with Gasteiger partial charge in [-0.1, -0.05) is 24.3 Å². The lowest BCUT2D eigenvalue weighted by Crippen LogP contribution is -2.14. The summed E-state index contributed by atoms with van der Waals surface area (Å²) in [5.74, 6) is -0.236. The van der Waals surface area contributed by atoms with Crippen LogP contribution in [-0.2, 0) is 0 Å². The van der Waals surface area contributed by atoms with E-state index in [-0.39, 0.29) is 5.91 Å². The van der Waals surface area contributed by atoms with Gasteiger partial charge in [-0.2, -0.15) is 0 Å². The van der Waals surface area contributed by atoms with Crippen LogP contribution in [0.3, 0.4) is 0 Å². The van der Waals surface area contributed by atoms with Crippen molar-refractivity contribution in [1.29, 1.82) is 0 Å². The zero-order valence-electron chi connectivity index (χ0n) is 11.6. The molecule has 0 bridgehead atoms. The van der Waals surface area contributed by atoms with E-state index in [1.807, 2.05) is 55.5 Å². The number of benzene rings is 2. The number of aryl methyl sites for hydroxylation is 1. The summed E-state index contributed by atoms with van der Waals surface area (Å²) in [5, 5.41) is 4.50. The van der Waals surface area contributed by atoms with Crippen molar-refractivity contribution in [3.63, 3.8) is 0 Å². The van der Waals surface area contributed by atoms with Crippen molar-refractivity contribution in [3.05, 3.63) is 66.0 Å². The quantitative estimate of drug-likeness (QED) is 0.706. The molecule has 0 radical (unpaired) electrons. The molecule has 1 heterocycles. The van der Waals surface area contributed by atoms with Gasteiger partial charge >= 0.3 is 0 Å². The number of carbonyl (C=O) groups is 1. The minimum absolute atomic E-state index is 0.236. The Morgan fingerprint density at radius 2 is 1.86 bits per heavy atom. The Labute approximate surface area is 122 Å². The molecule has 21 heavy (non-hydrogen) atoms. The van der Waals surface area contributed by atoms with Crippen LogP contribution in [-0.4, -0.2) is 10.9 Å². The van der Waals surface area contributed by atoms with Crippen molar-refractivity contribution in [2.75, 3.05) is 11.1 Å². The summed E-state index contributed by atoms with van der Waals surface area (Å²) in [6.07, 6.45) is 1.61. The number of amides is 1. The summed E-state index contributed by atoms with van der Waals surface area (Å²) in [7, 11) is 0. The fourth-order valence-corrected chi connectivity index (χ4v) is 2.37. The summed E-state index contributed by atoms with van der Waals surface area (Å²) in [6, 6.07) is 14.9. The van der Waals surface area contributed by atoms with E-state index in [9.17, 15) is 4.79 Å². The van der Waals surface area contributed by atoms with Crippen LogP contribution in [0.25, 0.3) is 10.8 Å². The lowest BCUT2D eigenvalue weighted by molar-refractivity contribution is 0.102. The molecule has 0 aliphatic carbocycles. The predicted octanol–water partition coefficient (Wildman–Crippen LogP) is 3.38. The molecular weight excluding hydrogens is 262 g/mol. The van der Waals surface area contributed by atoms with Gasteiger partial charge in [-0.15, -0.1) is 0 Å². The lowest BCUT2D eigenvalue weighted by atomic mass is 10.0. The number of nitrogens with zero attached hydrogens (tertiary/aromatic N) is 1. The first kappa shape index (κ1) is 13.1. The highest BCUT2D eigenvalue weighted by Crippen LogP contribution is 2.26. The third-order valence-corrected chi connectivity index (χ3v) is 3.42. The second-order valence-corrected chi connectivity index (χ2v) is 4.87. The molecule has 3 aromatic rings. The molecule has 3 rings (SSSR count). The van der Waals surface area contributed by atoms with Crippen LogP contribution in [0, 0.1) is 6.92 Å². The molecule has 104 valence electrons. The molecule has 2 aromatic carbocycles. The number of hydrogen-bond donors (Lipinski definition) is 2. The van der Waals surface area contributed by atoms with Crippen LogP contribution >= 0.6 is 0 Å². The molecule has 4 heteroatoms. The second kappa shape index (κ2) is 5.25. The van der Waals surface area contributed by atoms with E-state index in [1.165, 1.54) is 0 Å². The van der Waals surface area contributed by atoms with E-state index in [2.05, 4.69) is 10.3 Å². The Morgan fingerprint density at radius 1 is 1.10 bits per heavy atom.